The lowest BCUT2D eigenvalue weighted by molar-refractivity contribution is -0.137. The first-order chi connectivity index (χ1) is 14.6. The molecule has 0 spiro atoms. The maximum atomic E-state index is 13.0. The van der Waals surface area contributed by atoms with Crippen molar-refractivity contribution in [1.82, 2.24) is 20.2 Å². The summed E-state index contributed by atoms with van der Waals surface area (Å²) in [6.45, 7) is 2.60. The number of benzene rings is 2. The number of alkyl halides is 3. The van der Waals surface area contributed by atoms with Crippen molar-refractivity contribution < 1.29 is 18.0 Å². The number of nitrogens with one attached hydrogen (secondary N) is 3. The van der Waals surface area contributed by atoms with Crippen LogP contribution in [0.1, 0.15) is 29.4 Å². The van der Waals surface area contributed by atoms with Crippen molar-refractivity contribution in [2.24, 2.45) is 0 Å². The average molecular weight is 452 g/mol. The first kappa shape index (κ1) is 21.5. The smallest absolute Gasteiger partial charge is 0.341 e. The summed E-state index contributed by atoms with van der Waals surface area (Å²) in [6.07, 6.45) is -3.98. The number of imidazole rings is 1. The highest BCUT2D eigenvalue weighted by atomic mass is 35.5. The molecule has 0 aliphatic carbocycles. The van der Waals surface area contributed by atoms with Gasteiger partial charge in [0, 0.05) is 18.3 Å². The van der Waals surface area contributed by atoms with Gasteiger partial charge < -0.3 is 15.6 Å². The number of halogens is 4. The van der Waals surface area contributed by atoms with Crippen molar-refractivity contribution in [1.29, 1.82) is 0 Å². The third kappa shape index (κ3) is 4.62. The molecule has 1 aliphatic heterocycles. The molecular weight excluding hydrogens is 431 g/mol. The Bertz CT molecular complexity index is 1130. The topological polar surface area (TPSA) is 73.1 Å². The molecule has 3 aromatic rings. The quantitative estimate of drug-likeness (QED) is 0.518. The van der Waals surface area contributed by atoms with E-state index in [1.54, 1.807) is 0 Å². The first-order valence-electron chi connectivity index (χ1n) is 9.71. The SMILES string of the molecule is Cc1ccc2nc([C@@H]3C[C@H](NC(=O)Nc4ccc(Cl)c(C(F)(F)F)c4)CN3C)[nH]c2c1. The van der Waals surface area contributed by atoms with Gasteiger partial charge in [-0.2, -0.15) is 13.2 Å². The number of likely N-dealkylation sites (N-methyl/N-ethyl adjacent to an activating group) is 1. The maximum Gasteiger partial charge on any atom is 0.417 e. The van der Waals surface area contributed by atoms with Gasteiger partial charge in [0.25, 0.3) is 0 Å². The van der Waals surface area contributed by atoms with Gasteiger partial charge in [0.1, 0.15) is 5.82 Å². The van der Waals surface area contributed by atoms with Crippen LogP contribution in [0.3, 0.4) is 0 Å². The predicted molar refractivity (Wildman–Crippen MR) is 113 cm³/mol. The Balaban J connectivity index is 1.41. The second-order valence-corrected chi connectivity index (χ2v) is 8.23. The summed E-state index contributed by atoms with van der Waals surface area (Å²) >= 11 is 5.62. The molecular formula is C21H21ClF3N5O. The van der Waals surface area contributed by atoms with E-state index in [0.29, 0.717) is 13.0 Å². The number of anilines is 1. The minimum absolute atomic E-state index is 0.00892. The molecule has 1 aromatic heterocycles. The fourth-order valence-corrected chi connectivity index (χ4v) is 4.12. The number of urea groups is 1. The van der Waals surface area contributed by atoms with Crippen LogP contribution in [-0.2, 0) is 6.18 Å². The Labute approximate surface area is 181 Å². The Hall–Kier alpha value is -2.78. The van der Waals surface area contributed by atoms with Crippen LogP contribution < -0.4 is 10.6 Å². The first-order valence-corrected chi connectivity index (χ1v) is 10.1. The number of hydrogen-bond acceptors (Lipinski definition) is 3. The van der Waals surface area contributed by atoms with Gasteiger partial charge in [-0.05, 0) is 56.3 Å². The van der Waals surface area contributed by atoms with Gasteiger partial charge in [0.15, 0.2) is 0 Å². The highest BCUT2D eigenvalue weighted by Crippen LogP contribution is 2.36. The van der Waals surface area contributed by atoms with Crippen LogP contribution >= 0.6 is 11.6 Å². The molecule has 1 fully saturated rings. The van der Waals surface area contributed by atoms with E-state index in [9.17, 15) is 18.0 Å². The number of carbonyl (C=O) groups is 1. The summed E-state index contributed by atoms with van der Waals surface area (Å²) in [5.41, 5.74) is 2.00. The zero-order valence-electron chi connectivity index (χ0n) is 16.8. The number of hydrogen-bond donors (Lipinski definition) is 3. The minimum atomic E-state index is -4.60. The van der Waals surface area contributed by atoms with E-state index in [4.69, 9.17) is 11.6 Å². The van der Waals surface area contributed by atoms with Gasteiger partial charge in [-0.3, -0.25) is 4.90 Å². The largest absolute Gasteiger partial charge is 0.417 e. The molecule has 164 valence electrons. The molecule has 4 rings (SSSR count). The van der Waals surface area contributed by atoms with Gasteiger partial charge >= 0.3 is 12.2 Å². The van der Waals surface area contributed by atoms with Crippen LogP contribution in [0.4, 0.5) is 23.7 Å². The van der Waals surface area contributed by atoms with Crippen LogP contribution in [0, 0.1) is 6.92 Å². The summed E-state index contributed by atoms with van der Waals surface area (Å²) in [5, 5.41) is 4.86. The number of nitrogens with zero attached hydrogens (tertiary/aromatic N) is 2. The van der Waals surface area contributed by atoms with Crippen molar-refractivity contribution in [2.45, 2.75) is 31.6 Å². The maximum absolute atomic E-state index is 13.0. The monoisotopic (exact) mass is 451 g/mol. The number of fused-ring (bicyclic) bond motifs is 1. The van der Waals surface area contributed by atoms with E-state index in [2.05, 4.69) is 25.5 Å². The number of aromatic amines is 1. The lowest BCUT2D eigenvalue weighted by atomic mass is 10.1. The predicted octanol–water partition coefficient (Wildman–Crippen LogP) is 5.11. The Kier molecular flexibility index (Phi) is 5.57. The fourth-order valence-electron chi connectivity index (χ4n) is 3.90. The molecule has 6 nitrogen and oxygen atoms in total. The number of aryl methyl sites for hydroxylation is 1. The standard InChI is InChI=1S/C21H21ClF3N5O/c1-11-3-6-16-17(7-11)29-19(28-16)18-9-13(10-30(18)2)27-20(31)26-12-4-5-15(22)14(8-12)21(23,24)25/h3-8,13,18H,9-10H2,1-2H3,(H,28,29)(H2,26,27,31)/t13-,18-/m0/s1. The van der Waals surface area contributed by atoms with E-state index >= 15 is 0 Å². The molecule has 2 amide bonds. The molecule has 31 heavy (non-hydrogen) atoms. The molecule has 10 heteroatoms. The fraction of sp³-hybridized carbons (Fsp3) is 0.333. The number of rotatable bonds is 3. The normalized spacial score (nSPS) is 19.7. The molecule has 0 bridgehead atoms. The molecule has 0 unspecified atom stereocenters. The summed E-state index contributed by atoms with van der Waals surface area (Å²) in [6, 6.07) is 8.50. The lowest BCUT2D eigenvalue weighted by Crippen LogP contribution is -2.39. The summed E-state index contributed by atoms with van der Waals surface area (Å²) in [4.78, 5) is 22.5. The molecule has 2 aromatic carbocycles. The highest BCUT2D eigenvalue weighted by molar-refractivity contribution is 6.31. The van der Waals surface area contributed by atoms with Crippen molar-refractivity contribution in [3.8, 4) is 0 Å². The van der Waals surface area contributed by atoms with E-state index in [1.165, 1.54) is 6.07 Å². The number of amides is 2. The molecule has 2 heterocycles. The minimum Gasteiger partial charge on any atom is -0.341 e. The third-order valence-corrected chi connectivity index (χ3v) is 5.71. The van der Waals surface area contributed by atoms with Gasteiger partial charge in [-0.1, -0.05) is 17.7 Å². The summed E-state index contributed by atoms with van der Waals surface area (Å²) in [5.74, 6) is 0.820. The second-order valence-electron chi connectivity index (χ2n) is 7.82. The van der Waals surface area contributed by atoms with Crippen LogP contribution in [-0.4, -0.2) is 40.5 Å². The van der Waals surface area contributed by atoms with E-state index in [1.807, 2.05) is 32.2 Å². The van der Waals surface area contributed by atoms with Gasteiger partial charge in [-0.15, -0.1) is 0 Å². The average Bonchev–Trinajstić information content (AvgIpc) is 3.24. The third-order valence-electron chi connectivity index (χ3n) is 5.38. The summed E-state index contributed by atoms with van der Waals surface area (Å²) < 4.78 is 39.0. The lowest BCUT2D eigenvalue weighted by Gasteiger charge is -2.16. The summed E-state index contributed by atoms with van der Waals surface area (Å²) in [7, 11) is 1.94. The zero-order valence-corrected chi connectivity index (χ0v) is 17.6. The number of H-pyrrole nitrogens is 1. The van der Waals surface area contributed by atoms with Crippen LogP contribution in [0.25, 0.3) is 11.0 Å². The molecule has 1 aliphatic rings. The van der Waals surface area contributed by atoms with Crippen LogP contribution in [0.15, 0.2) is 36.4 Å². The Morgan fingerprint density at radius 2 is 2.03 bits per heavy atom. The second kappa shape index (κ2) is 8.05. The van der Waals surface area contributed by atoms with E-state index in [-0.39, 0.29) is 17.8 Å². The van der Waals surface area contributed by atoms with Crippen LogP contribution in [0.5, 0.6) is 0 Å². The van der Waals surface area contributed by atoms with Crippen molar-refractivity contribution in [3.63, 3.8) is 0 Å². The van der Waals surface area contributed by atoms with Crippen molar-refractivity contribution in [3.05, 3.63) is 58.4 Å². The van der Waals surface area contributed by atoms with E-state index in [0.717, 1.165) is 34.6 Å². The van der Waals surface area contributed by atoms with Gasteiger partial charge in [0.2, 0.25) is 0 Å². The van der Waals surface area contributed by atoms with Crippen molar-refractivity contribution >= 4 is 34.4 Å². The molecule has 2 atom stereocenters. The zero-order chi connectivity index (χ0) is 22.3. The highest BCUT2D eigenvalue weighted by Gasteiger charge is 2.35. The Morgan fingerprint density at radius 1 is 1.26 bits per heavy atom. The number of carbonyl (C=O) groups excluding carboxylic acids is 1. The van der Waals surface area contributed by atoms with Gasteiger partial charge in [0.05, 0.1) is 27.7 Å². The number of likely N-dealkylation sites (tertiary alicyclic amines) is 1. The molecule has 3 N–H and O–H groups in total. The molecule has 1 saturated heterocycles. The van der Waals surface area contributed by atoms with Crippen LogP contribution in [0.2, 0.25) is 5.02 Å². The Morgan fingerprint density at radius 3 is 2.77 bits per heavy atom. The van der Waals surface area contributed by atoms with E-state index < -0.39 is 22.8 Å². The van der Waals surface area contributed by atoms with Gasteiger partial charge in [-0.25, -0.2) is 9.78 Å². The van der Waals surface area contributed by atoms with Crippen molar-refractivity contribution in [2.75, 3.05) is 18.9 Å². The number of aromatic nitrogens is 2. The molecule has 0 saturated carbocycles. The molecule has 0 radical (unpaired) electrons.